The van der Waals surface area contributed by atoms with Gasteiger partial charge in [0.25, 0.3) is 0 Å². The zero-order valence-corrected chi connectivity index (χ0v) is 7.06. The molecule has 5 nitrogen and oxygen atoms in total. The molecule has 1 aliphatic carbocycles. The molecule has 0 saturated carbocycles. The molecule has 1 aliphatic rings. The van der Waals surface area contributed by atoms with Crippen LogP contribution in [0.1, 0.15) is 17.8 Å². The number of aromatic nitrogens is 4. The standard InChI is InChI=1S/C8H9N5/c9-7-10-4-13-6-3-1-2-5(6)11-8(13)12-7/h4H,1-3H2,(H2,9,11,12). The van der Waals surface area contributed by atoms with E-state index in [1.54, 1.807) is 6.33 Å². The second-order valence-corrected chi connectivity index (χ2v) is 3.24. The van der Waals surface area contributed by atoms with E-state index in [1.165, 1.54) is 12.1 Å². The van der Waals surface area contributed by atoms with Gasteiger partial charge in [-0.1, -0.05) is 0 Å². The van der Waals surface area contributed by atoms with Crippen LogP contribution in [-0.4, -0.2) is 19.4 Å². The number of hydrogen-bond acceptors (Lipinski definition) is 4. The van der Waals surface area contributed by atoms with Gasteiger partial charge in [-0.3, -0.25) is 4.40 Å². The summed E-state index contributed by atoms with van der Waals surface area (Å²) < 4.78 is 1.93. The Kier molecular flexibility index (Phi) is 1.15. The summed E-state index contributed by atoms with van der Waals surface area (Å²) in [6.07, 6.45) is 5.02. The molecule has 0 aliphatic heterocycles. The summed E-state index contributed by atoms with van der Waals surface area (Å²) in [5, 5.41) is 0. The summed E-state index contributed by atoms with van der Waals surface area (Å²) in [5.74, 6) is 0.966. The molecule has 0 saturated heterocycles. The Morgan fingerprint density at radius 1 is 1.31 bits per heavy atom. The van der Waals surface area contributed by atoms with E-state index in [4.69, 9.17) is 5.73 Å². The minimum absolute atomic E-state index is 0.288. The minimum atomic E-state index is 0.288. The van der Waals surface area contributed by atoms with Crippen LogP contribution in [0.25, 0.3) is 5.78 Å². The van der Waals surface area contributed by atoms with Crippen LogP contribution in [0, 0.1) is 0 Å². The van der Waals surface area contributed by atoms with Gasteiger partial charge in [0.2, 0.25) is 11.7 Å². The van der Waals surface area contributed by atoms with Crippen LogP contribution in [0.2, 0.25) is 0 Å². The van der Waals surface area contributed by atoms with Crippen LogP contribution in [-0.2, 0) is 12.8 Å². The first kappa shape index (κ1) is 6.82. The molecule has 5 heteroatoms. The summed E-state index contributed by atoms with van der Waals surface area (Å²) in [4.78, 5) is 12.4. The first-order valence-electron chi connectivity index (χ1n) is 4.33. The van der Waals surface area contributed by atoms with Crippen molar-refractivity contribution >= 4 is 11.7 Å². The van der Waals surface area contributed by atoms with Crippen LogP contribution in [0.5, 0.6) is 0 Å². The number of rotatable bonds is 0. The Morgan fingerprint density at radius 3 is 3.15 bits per heavy atom. The SMILES string of the molecule is Nc1ncn2c3c(nc2n1)CCC3. The maximum atomic E-state index is 5.47. The molecular weight excluding hydrogens is 166 g/mol. The predicted octanol–water partition coefficient (Wildman–Crippen LogP) is 0.195. The van der Waals surface area contributed by atoms with Crippen LogP contribution in [0.4, 0.5) is 5.95 Å². The first-order valence-corrected chi connectivity index (χ1v) is 4.33. The molecule has 0 amide bonds. The third-order valence-corrected chi connectivity index (χ3v) is 2.42. The molecule has 2 heterocycles. The normalized spacial score (nSPS) is 15.1. The monoisotopic (exact) mass is 175 g/mol. The van der Waals surface area contributed by atoms with Crippen molar-refractivity contribution in [2.75, 3.05) is 5.73 Å². The maximum Gasteiger partial charge on any atom is 0.238 e. The van der Waals surface area contributed by atoms with Crippen LogP contribution in [0.3, 0.4) is 0 Å². The Bertz CT molecular complexity index is 473. The molecule has 2 N–H and O–H groups in total. The molecule has 0 aromatic carbocycles. The van der Waals surface area contributed by atoms with E-state index in [0.717, 1.165) is 18.5 Å². The second kappa shape index (κ2) is 2.18. The Balaban J connectivity index is 2.38. The fourth-order valence-corrected chi connectivity index (χ4v) is 1.84. The van der Waals surface area contributed by atoms with Gasteiger partial charge in [0.1, 0.15) is 6.33 Å². The third-order valence-electron chi connectivity index (χ3n) is 2.42. The summed E-state index contributed by atoms with van der Waals surface area (Å²) in [6, 6.07) is 0. The van der Waals surface area contributed by atoms with Gasteiger partial charge in [-0.2, -0.15) is 4.98 Å². The molecule has 66 valence electrons. The van der Waals surface area contributed by atoms with E-state index in [9.17, 15) is 0 Å². The highest BCUT2D eigenvalue weighted by atomic mass is 15.2. The van der Waals surface area contributed by atoms with Crippen LogP contribution in [0.15, 0.2) is 6.33 Å². The number of hydrogen-bond donors (Lipinski definition) is 1. The number of fused-ring (bicyclic) bond motifs is 3. The number of imidazole rings is 1. The van der Waals surface area contributed by atoms with Crippen LogP contribution < -0.4 is 5.73 Å². The lowest BCUT2D eigenvalue weighted by Gasteiger charge is -1.96. The molecule has 0 unspecified atom stereocenters. The highest BCUT2D eigenvalue weighted by Crippen LogP contribution is 2.21. The number of aryl methyl sites for hydroxylation is 2. The van der Waals surface area contributed by atoms with Crippen molar-refractivity contribution in [3.05, 3.63) is 17.7 Å². The van der Waals surface area contributed by atoms with Gasteiger partial charge in [-0.05, 0) is 19.3 Å². The molecule has 3 rings (SSSR count). The van der Waals surface area contributed by atoms with E-state index in [2.05, 4.69) is 15.0 Å². The fourth-order valence-electron chi connectivity index (χ4n) is 1.84. The largest absolute Gasteiger partial charge is 0.368 e. The number of anilines is 1. The lowest BCUT2D eigenvalue weighted by Crippen LogP contribution is -2.00. The van der Waals surface area contributed by atoms with Crippen LogP contribution >= 0.6 is 0 Å². The quantitative estimate of drug-likeness (QED) is 0.620. The van der Waals surface area contributed by atoms with Crippen molar-refractivity contribution in [2.45, 2.75) is 19.3 Å². The fraction of sp³-hybridized carbons (Fsp3) is 0.375. The third kappa shape index (κ3) is 0.838. The summed E-state index contributed by atoms with van der Waals surface area (Å²) in [6.45, 7) is 0. The Labute approximate surface area is 74.6 Å². The van der Waals surface area contributed by atoms with Crippen molar-refractivity contribution in [2.24, 2.45) is 0 Å². The Morgan fingerprint density at radius 2 is 2.23 bits per heavy atom. The van der Waals surface area contributed by atoms with Crippen molar-refractivity contribution in [3.63, 3.8) is 0 Å². The summed E-state index contributed by atoms with van der Waals surface area (Å²) in [7, 11) is 0. The van der Waals surface area contributed by atoms with Gasteiger partial charge in [0, 0.05) is 5.69 Å². The molecule has 0 fully saturated rings. The number of nitrogens with two attached hydrogens (primary N) is 1. The van der Waals surface area contributed by atoms with Crippen molar-refractivity contribution < 1.29 is 0 Å². The highest BCUT2D eigenvalue weighted by Gasteiger charge is 2.18. The second-order valence-electron chi connectivity index (χ2n) is 3.24. The molecule has 0 bridgehead atoms. The average molecular weight is 175 g/mol. The Hall–Kier alpha value is -1.65. The van der Waals surface area contributed by atoms with Gasteiger partial charge in [-0.15, -0.1) is 0 Å². The molecule has 2 aromatic rings. The van der Waals surface area contributed by atoms with E-state index in [-0.39, 0.29) is 5.95 Å². The first-order chi connectivity index (χ1) is 6.34. The van der Waals surface area contributed by atoms with Gasteiger partial charge < -0.3 is 5.73 Å². The number of nitrogens with zero attached hydrogens (tertiary/aromatic N) is 4. The minimum Gasteiger partial charge on any atom is -0.368 e. The molecule has 0 atom stereocenters. The number of nitrogen functional groups attached to an aromatic ring is 1. The zero-order valence-electron chi connectivity index (χ0n) is 7.06. The average Bonchev–Trinajstić information content (AvgIpc) is 2.62. The molecule has 13 heavy (non-hydrogen) atoms. The van der Waals surface area contributed by atoms with Gasteiger partial charge in [-0.25, -0.2) is 9.97 Å². The predicted molar refractivity (Wildman–Crippen MR) is 47.2 cm³/mol. The lowest BCUT2D eigenvalue weighted by molar-refractivity contribution is 0.854. The maximum absolute atomic E-state index is 5.47. The van der Waals surface area contributed by atoms with E-state index < -0.39 is 0 Å². The molecular formula is C8H9N5. The summed E-state index contributed by atoms with van der Waals surface area (Å²) in [5.41, 5.74) is 7.87. The van der Waals surface area contributed by atoms with Gasteiger partial charge >= 0.3 is 0 Å². The smallest absolute Gasteiger partial charge is 0.238 e. The van der Waals surface area contributed by atoms with E-state index in [1.807, 2.05) is 4.40 Å². The highest BCUT2D eigenvalue weighted by molar-refractivity contribution is 5.40. The van der Waals surface area contributed by atoms with E-state index >= 15 is 0 Å². The van der Waals surface area contributed by atoms with Crippen molar-refractivity contribution in [1.82, 2.24) is 19.4 Å². The van der Waals surface area contributed by atoms with E-state index in [0.29, 0.717) is 5.78 Å². The van der Waals surface area contributed by atoms with Crippen molar-refractivity contribution in [1.29, 1.82) is 0 Å². The zero-order chi connectivity index (χ0) is 8.84. The lowest BCUT2D eigenvalue weighted by atomic mass is 10.4. The topological polar surface area (TPSA) is 69.1 Å². The van der Waals surface area contributed by atoms with Gasteiger partial charge in [0.15, 0.2) is 0 Å². The van der Waals surface area contributed by atoms with Gasteiger partial charge in [0.05, 0.1) is 5.69 Å². The molecule has 0 radical (unpaired) electrons. The summed E-state index contributed by atoms with van der Waals surface area (Å²) >= 11 is 0. The van der Waals surface area contributed by atoms with Crippen molar-refractivity contribution in [3.8, 4) is 0 Å². The molecule has 0 spiro atoms. The molecule has 2 aromatic heterocycles.